The summed E-state index contributed by atoms with van der Waals surface area (Å²) in [5.41, 5.74) is -1.88. The Hall–Kier alpha value is -1.59. The molecule has 1 fully saturated rings. The molecule has 1 amide bonds. The van der Waals surface area contributed by atoms with Gasteiger partial charge in [0.1, 0.15) is 5.82 Å². The molecule has 1 aliphatic rings. The van der Waals surface area contributed by atoms with E-state index in [2.05, 4.69) is 0 Å². The van der Waals surface area contributed by atoms with E-state index in [1.807, 2.05) is 6.92 Å². The third-order valence-electron chi connectivity index (χ3n) is 3.54. The van der Waals surface area contributed by atoms with Gasteiger partial charge in [0, 0.05) is 12.6 Å². The minimum Gasteiger partial charge on any atom is -0.336 e. The van der Waals surface area contributed by atoms with Crippen molar-refractivity contribution >= 4 is 5.91 Å². The van der Waals surface area contributed by atoms with Crippen LogP contribution >= 0.6 is 0 Å². The van der Waals surface area contributed by atoms with E-state index >= 15 is 0 Å². The zero-order valence-corrected chi connectivity index (χ0v) is 11.7. The van der Waals surface area contributed by atoms with Gasteiger partial charge in [-0.05, 0) is 31.4 Å². The van der Waals surface area contributed by atoms with E-state index in [-0.39, 0.29) is 6.04 Å². The summed E-state index contributed by atoms with van der Waals surface area (Å²) in [6.07, 6.45) is -1.52. The lowest BCUT2D eigenvalue weighted by Gasteiger charge is -2.23. The Bertz CT molecular complexity index is 523. The minimum absolute atomic E-state index is 0.0398. The average Bonchev–Trinajstić information content (AvgIpc) is 3.22. The third kappa shape index (κ3) is 3.54. The molecule has 0 bridgehead atoms. The summed E-state index contributed by atoms with van der Waals surface area (Å²) < 4.78 is 52.1. The van der Waals surface area contributed by atoms with Crippen molar-refractivity contribution in [1.82, 2.24) is 4.90 Å². The molecule has 1 saturated carbocycles. The highest BCUT2D eigenvalue weighted by Crippen LogP contribution is 2.34. The summed E-state index contributed by atoms with van der Waals surface area (Å²) >= 11 is 0. The summed E-state index contributed by atoms with van der Waals surface area (Å²) in [7, 11) is 0. The highest BCUT2D eigenvalue weighted by Gasteiger charge is 2.38. The van der Waals surface area contributed by atoms with Crippen LogP contribution in [-0.2, 0) is 6.18 Å². The van der Waals surface area contributed by atoms with E-state index in [1.54, 1.807) is 0 Å². The molecule has 1 aliphatic carbocycles. The van der Waals surface area contributed by atoms with Gasteiger partial charge in [-0.2, -0.15) is 13.2 Å². The van der Waals surface area contributed by atoms with Crippen molar-refractivity contribution in [3.05, 3.63) is 35.1 Å². The Balaban J connectivity index is 2.29. The molecule has 2 nitrogen and oxygen atoms in total. The number of unbranched alkanes of at least 4 members (excludes halogenated alkanes) is 1. The van der Waals surface area contributed by atoms with Gasteiger partial charge in [0.05, 0.1) is 11.1 Å². The Morgan fingerprint density at radius 1 is 1.33 bits per heavy atom. The van der Waals surface area contributed by atoms with E-state index < -0.39 is 29.0 Å². The van der Waals surface area contributed by atoms with Crippen LogP contribution in [0.2, 0.25) is 0 Å². The van der Waals surface area contributed by atoms with Crippen LogP contribution < -0.4 is 0 Å². The second kappa shape index (κ2) is 6.03. The second-order valence-electron chi connectivity index (χ2n) is 5.25. The first-order valence-corrected chi connectivity index (χ1v) is 7.03. The fraction of sp³-hybridized carbons (Fsp3) is 0.533. The Labute approximate surface area is 120 Å². The van der Waals surface area contributed by atoms with Crippen molar-refractivity contribution in [3.63, 3.8) is 0 Å². The zero-order chi connectivity index (χ0) is 15.6. The molecule has 0 aliphatic heterocycles. The maximum atomic E-state index is 14.0. The lowest BCUT2D eigenvalue weighted by atomic mass is 10.1. The van der Waals surface area contributed by atoms with Crippen LogP contribution in [0.5, 0.6) is 0 Å². The molecule has 0 N–H and O–H groups in total. The maximum Gasteiger partial charge on any atom is 0.419 e. The summed E-state index contributed by atoms with van der Waals surface area (Å²) in [5, 5.41) is 0. The van der Waals surface area contributed by atoms with Crippen LogP contribution in [0.15, 0.2) is 18.2 Å². The number of hydrogen-bond donors (Lipinski definition) is 0. The van der Waals surface area contributed by atoms with Crippen LogP contribution in [0.4, 0.5) is 17.6 Å². The number of carbonyl (C=O) groups excluding carboxylic acids is 1. The number of halogens is 4. The molecule has 0 heterocycles. The molecule has 0 spiro atoms. The van der Waals surface area contributed by atoms with Crippen LogP contribution in [0.3, 0.4) is 0 Å². The van der Waals surface area contributed by atoms with Crippen molar-refractivity contribution in [2.75, 3.05) is 6.54 Å². The van der Waals surface area contributed by atoms with Crippen LogP contribution in [-0.4, -0.2) is 23.4 Å². The van der Waals surface area contributed by atoms with E-state index in [1.165, 1.54) is 4.90 Å². The molecule has 0 saturated heterocycles. The molecule has 0 aromatic heterocycles. The highest BCUT2D eigenvalue weighted by molar-refractivity contribution is 5.95. The predicted molar refractivity (Wildman–Crippen MR) is 70.4 cm³/mol. The minimum atomic E-state index is -4.80. The lowest BCUT2D eigenvalue weighted by molar-refractivity contribution is -0.140. The molecule has 6 heteroatoms. The summed E-state index contributed by atoms with van der Waals surface area (Å²) in [4.78, 5) is 13.9. The van der Waals surface area contributed by atoms with Crippen molar-refractivity contribution < 1.29 is 22.4 Å². The van der Waals surface area contributed by atoms with E-state index in [0.29, 0.717) is 12.6 Å². The van der Waals surface area contributed by atoms with Gasteiger partial charge < -0.3 is 4.90 Å². The van der Waals surface area contributed by atoms with Gasteiger partial charge in [0.15, 0.2) is 0 Å². The Morgan fingerprint density at radius 3 is 2.52 bits per heavy atom. The zero-order valence-electron chi connectivity index (χ0n) is 11.7. The van der Waals surface area contributed by atoms with Crippen molar-refractivity contribution in [2.45, 2.75) is 44.8 Å². The molecule has 0 unspecified atom stereocenters. The quantitative estimate of drug-likeness (QED) is 0.745. The van der Waals surface area contributed by atoms with Gasteiger partial charge >= 0.3 is 6.18 Å². The standard InChI is InChI=1S/C15H17F4NO/c1-2-3-9-20(10-7-8-10)14(21)11-5-4-6-12(13(11)16)15(17,18)19/h4-6,10H,2-3,7-9H2,1H3. The largest absolute Gasteiger partial charge is 0.419 e. The molecule has 1 aromatic rings. The number of benzene rings is 1. The third-order valence-corrected chi connectivity index (χ3v) is 3.54. The average molecular weight is 303 g/mol. The number of nitrogens with zero attached hydrogens (tertiary/aromatic N) is 1. The number of alkyl halides is 3. The molecule has 1 aromatic carbocycles. The Kier molecular flexibility index (Phi) is 4.54. The van der Waals surface area contributed by atoms with Crippen LogP contribution in [0.25, 0.3) is 0 Å². The van der Waals surface area contributed by atoms with E-state index in [4.69, 9.17) is 0 Å². The van der Waals surface area contributed by atoms with Crippen molar-refractivity contribution in [2.24, 2.45) is 0 Å². The van der Waals surface area contributed by atoms with Gasteiger partial charge in [0.25, 0.3) is 5.91 Å². The van der Waals surface area contributed by atoms with Gasteiger partial charge in [-0.15, -0.1) is 0 Å². The molecule has 21 heavy (non-hydrogen) atoms. The van der Waals surface area contributed by atoms with Crippen molar-refractivity contribution in [3.8, 4) is 0 Å². The van der Waals surface area contributed by atoms with Gasteiger partial charge in [-0.3, -0.25) is 4.79 Å². The predicted octanol–water partition coefficient (Wildman–Crippen LogP) is 4.25. The number of amides is 1. The fourth-order valence-electron chi connectivity index (χ4n) is 2.24. The number of carbonyl (C=O) groups is 1. The second-order valence-corrected chi connectivity index (χ2v) is 5.25. The number of rotatable bonds is 5. The summed E-state index contributed by atoms with van der Waals surface area (Å²) in [5.74, 6) is -2.12. The first kappa shape index (κ1) is 15.8. The molecule has 0 atom stereocenters. The van der Waals surface area contributed by atoms with Gasteiger partial charge in [0.2, 0.25) is 0 Å². The van der Waals surface area contributed by atoms with Gasteiger partial charge in [-0.1, -0.05) is 19.4 Å². The monoisotopic (exact) mass is 303 g/mol. The first-order valence-electron chi connectivity index (χ1n) is 7.03. The SMILES string of the molecule is CCCCN(C(=O)c1cccc(C(F)(F)F)c1F)C1CC1. The Morgan fingerprint density at radius 2 is 2.00 bits per heavy atom. The van der Waals surface area contributed by atoms with E-state index in [9.17, 15) is 22.4 Å². The fourth-order valence-corrected chi connectivity index (χ4v) is 2.24. The smallest absolute Gasteiger partial charge is 0.336 e. The van der Waals surface area contributed by atoms with E-state index in [0.717, 1.165) is 37.8 Å². The molecular weight excluding hydrogens is 286 g/mol. The summed E-state index contributed by atoms with van der Waals surface area (Å²) in [6.45, 7) is 2.41. The molecular formula is C15H17F4NO. The maximum absolute atomic E-state index is 14.0. The first-order chi connectivity index (χ1) is 9.86. The molecule has 116 valence electrons. The molecule has 2 rings (SSSR count). The van der Waals surface area contributed by atoms with Crippen LogP contribution in [0, 0.1) is 5.82 Å². The number of hydrogen-bond acceptors (Lipinski definition) is 1. The summed E-state index contributed by atoms with van der Waals surface area (Å²) in [6, 6.07) is 2.88. The topological polar surface area (TPSA) is 20.3 Å². The van der Waals surface area contributed by atoms with Gasteiger partial charge in [-0.25, -0.2) is 4.39 Å². The highest BCUT2D eigenvalue weighted by atomic mass is 19.4. The van der Waals surface area contributed by atoms with Crippen molar-refractivity contribution in [1.29, 1.82) is 0 Å². The normalized spacial score (nSPS) is 15.1. The molecule has 0 radical (unpaired) electrons. The van der Waals surface area contributed by atoms with Crippen LogP contribution in [0.1, 0.15) is 48.5 Å². The lowest BCUT2D eigenvalue weighted by Crippen LogP contribution is -2.35.